The van der Waals surface area contributed by atoms with Crippen LogP contribution in [0.2, 0.25) is 5.02 Å². The van der Waals surface area contributed by atoms with Crippen LogP contribution in [0.5, 0.6) is 0 Å². The van der Waals surface area contributed by atoms with Gasteiger partial charge in [0.05, 0.1) is 5.75 Å². The minimum absolute atomic E-state index is 0.0262. The maximum absolute atomic E-state index is 11.9. The summed E-state index contributed by atoms with van der Waals surface area (Å²) in [4.78, 5) is 12.9. The molecule has 3 nitrogen and oxygen atoms in total. The molecule has 0 aromatic heterocycles. The number of nitrogens with one attached hydrogen (secondary N) is 1. The molecule has 21 heavy (non-hydrogen) atoms. The Morgan fingerprint density at radius 2 is 2.00 bits per heavy atom. The van der Waals surface area contributed by atoms with Crippen molar-refractivity contribution in [1.82, 2.24) is 5.32 Å². The molecule has 2 rings (SSSR count). The van der Waals surface area contributed by atoms with Crippen molar-refractivity contribution in [3.63, 3.8) is 0 Å². The van der Waals surface area contributed by atoms with Gasteiger partial charge in [0, 0.05) is 22.2 Å². The summed E-state index contributed by atoms with van der Waals surface area (Å²) < 4.78 is 0. The van der Waals surface area contributed by atoms with Crippen LogP contribution < -0.4 is 11.1 Å². The molecule has 1 amide bonds. The Morgan fingerprint density at radius 1 is 1.24 bits per heavy atom. The van der Waals surface area contributed by atoms with Gasteiger partial charge in [0.15, 0.2) is 0 Å². The van der Waals surface area contributed by atoms with Gasteiger partial charge in [-0.05, 0) is 36.2 Å². The summed E-state index contributed by atoms with van der Waals surface area (Å²) >= 11 is 7.53. The highest BCUT2D eigenvalue weighted by Crippen LogP contribution is 2.25. The molecule has 0 aliphatic heterocycles. The SMILES string of the molecule is Cc1c(N)cccc1SCC(=O)NCc1ccccc1Cl. The fourth-order valence-corrected chi connectivity index (χ4v) is 2.92. The monoisotopic (exact) mass is 320 g/mol. The Hall–Kier alpha value is -1.65. The van der Waals surface area contributed by atoms with E-state index in [0.717, 1.165) is 21.7 Å². The van der Waals surface area contributed by atoms with Crippen molar-refractivity contribution in [1.29, 1.82) is 0 Å². The predicted octanol–water partition coefficient (Wildman–Crippen LogP) is 3.64. The maximum atomic E-state index is 11.9. The van der Waals surface area contributed by atoms with Gasteiger partial charge < -0.3 is 11.1 Å². The van der Waals surface area contributed by atoms with Crippen molar-refractivity contribution < 1.29 is 4.79 Å². The molecular formula is C16H17ClN2OS. The molecule has 2 aromatic rings. The van der Waals surface area contributed by atoms with Gasteiger partial charge >= 0.3 is 0 Å². The molecule has 0 aliphatic carbocycles. The molecule has 0 saturated heterocycles. The quantitative estimate of drug-likeness (QED) is 0.653. The number of hydrogen-bond acceptors (Lipinski definition) is 3. The van der Waals surface area contributed by atoms with Gasteiger partial charge in [-0.3, -0.25) is 4.79 Å². The van der Waals surface area contributed by atoms with E-state index >= 15 is 0 Å². The fourth-order valence-electron chi connectivity index (χ4n) is 1.82. The molecule has 0 atom stereocenters. The number of nitrogens with two attached hydrogens (primary N) is 1. The van der Waals surface area contributed by atoms with E-state index in [0.29, 0.717) is 17.3 Å². The van der Waals surface area contributed by atoms with Crippen LogP contribution in [0.25, 0.3) is 0 Å². The van der Waals surface area contributed by atoms with E-state index in [4.69, 9.17) is 17.3 Å². The molecule has 0 bridgehead atoms. The van der Waals surface area contributed by atoms with Crippen molar-refractivity contribution in [2.24, 2.45) is 0 Å². The zero-order chi connectivity index (χ0) is 15.2. The highest BCUT2D eigenvalue weighted by Gasteiger charge is 2.07. The van der Waals surface area contributed by atoms with Crippen LogP contribution in [-0.2, 0) is 11.3 Å². The Labute approximate surface area is 133 Å². The first-order valence-electron chi connectivity index (χ1n) is 6.56. The van der Waals surface area contributed by atoms with E-state index in [1.54, 1.807) is 0 Å². The van der Waals surface area contributed by atoms with Crippen LogP contribution in [-0.4, -0.2) is 11.7 Å². The summed E-state index contributed by atoms with van der Waals surface area (Å²) in [5.41, 5.74) is 8.53. The summed E-state index contributed by atoms with van der Waals surface area (Å²) in [6.45, 7) is 2.40. The maximum Gasteiger partial charge on any atom is 0.230 e. The third kappa shape index (κ3) is 4.41. The smallest absolute Gasteiger partial charge is 0.230 e. The molecule has 0 unspecified atom stereocenters. The average Bonchev–Trinajstić information content (AvgIpc) is 2.48. The topological polar surface area (TPSA) is 55.1 Å². The number of thioether (sulfide) groups is 1. The molecule has 0 spiro atoms. The summed E-state index contributed by atoms with van der Waals surface area (Å²) in [6, 6.07) is 13.2. The third-order valence-corrected chi connectivity index (χ3v) is 4.65. The van der Waals surface area contributed by atoms with E-state index in [9.17, 15) is 4.79 Å². The molecular weight excluding hydrogens is 304 g/mol. The molecule has 0 saturated carbocycles. The first-order chi connectivity index (χ1) is 10.1. The summed E-state index contributed by atoms with van der Waals surface area (Å²) in [7, 11) is 0. The van der Waals surface area contributed by atoms with Gasteiger partial charge in [0.1, 0.15) is 0 Å². The number of nitrogen functional groups attached to an aromatic ring is 1. The third-order valence-electron chi connectivity index (χ3n) is 3.12. The highest BCUT2D eigenvalue weighted by molar-refractivity contribution is 8.00. The molecule has 0 heterocycles. The highest BCUT2D eigenvalue weighted by atomic mass is 35.5. The van der Waals surface area contributed by atoms with Gasteiger partial charge in [-0.1, -0.05) is 35.9 Å². The Balaban J connectivity index is 1.85. The second-order valence-electron chi connectivity index (χ2n) is 4.63. The number of rotatable bonds is 5. The van der Waals surface area contributed by atoms with Crippen molar-refractivity contribution >= 4 is 35.0 Å². The van der Waals surface area contributed by atoms with E-state index in [2.05, 4.69) is 5.32 Å². The second kappa shape index (κ2) is 7.38. The number of anilines is 1. The zero-order valence-corrected chi connectivity index (χ0v) is 13.3. The zero-order valence-electron chi connectivity index (χ0n) is 11.7. The standard InChI is InChI=1S/C16H17ClN2OS/c1-11-14(18)7-4-8-15(11)21-10-16(20)19-9-12-5-2-3-6-13(12)17/h2-8H,9-10,18H2,1H3,(H,19,20). The number of benzene rings is 2. The van der Waals surface area contributed by atoms with E-state index in [-0.39, 0.29) is 5.91 Å². The number of halogens is 1. The summed E-state index contributed by atoms with van der Waals surface area (Å²) in [6.07, 6.45) is 0. The lowest BCUT2D eigenvalue weighted by Crippen LogP contribution is -2.24. The van der Waals surface area contributed by atoms with Crippen molar-refractivity contribution in [3.8, 4) is 0 Å². The van der Waals surface area contributed by atoms with Crippen molar-refractivity contribution in [2.45, 2.75) is 18.4 Å². The molecule has 0 radical (unpaired) electrons. The van der Waals surface area contributed by atoms with Crippen LogP contribution >= 0.6 is 23.4 Å². The van der Waals surface area contributed by atoms with Gasteiger partial charge in [-0.15, -0.1) is 11.8 Å². The normalized spacial score (nSPS) is 10.4. The van der Waals surface area contributed by atoms with Crippen LogP contribution in [0.4, 0.5) is 5.69 Å². The largest absolute Gasteiger partial charge is 0.398 e. The van der Waals surface area contributed by atoms with Crippen LogP contribution in [0.1, 0.15) is 11.1 Å². The van der Waals surface area contributed by atoms with E-state index < -0.39 is 0 Å². The summed E-state index contributed by atoms with van der Waals surface area (Å²) in [5.74, 6) is 0.330. The van der Waals surface area contributed by atoms with Crippen LogP contribution in [0.3, 0.4) is 0 Å². The van der Waals surface area contributed by atoms with Gasteiger partial charge in [0.25, 0.3) is 0 Å². The first kappa shape index (κ1) is 15.7. The minimum Gasteiger partial charge on any atom is -0.398 e. The summed E-state index contributed by atoms with van der Waals surface area (Å²) in [5, 5.41) is 3.53. The van der Waals surface area contributed by atoms with E-state index in [1.807, 2.05) is 49.4 Å². The first-order valence-corrected chi connectivity index (χ1v) is 7.92. The van der Waals surface area contributed by atoms with Gasteiger partial charge in [0.2, 0.25) is 5.91 Å². The van der Waals surface area contributed by atoms with Crippen LogP contribution in [0.15, 0.2) is 47.4 Å². The molecule has 3 N–H and O–H groups in total. The Kier molecular flexibility index (Phi) is 5.53. The number of amides is 1. The molecule has 0 fully saturated rings. The number of carbonyl (C=O) groups excluding carboxylic acids is 1. The van der Waals surface area contributed by atoms with Crippen LogP contribution in [0, 0.1) is 6.92 Å². The van der Waals surface area contributed by atoms with E-state index in [1.165, 1.54) is 11.8 Å². The average molecular weight is 321 g/mol. The number of carbonyl (C=O) groups is 1. The van der Waals surface area contributed by atoms with Crippen molar-refractivity contribution in [3.05, 3.63) is 58.6 Å². The minimum atomic E-state index is -0.0262. The lowest BCUT2D eigenvalue weighted by atomic mass is 10.2. The Bertz CT molecular complexity index is 646. The molecule has 110 valence electrons. The predicted molar refractivity (Wildman–Crippen MR) is 89.6 cm³/mol. The Morgan fingerprint density at radius 3 is 2.76 bits per heavy atom. The molecule has 0 aliphatic rings. The second-order valence-corrected chi connectivity index (χ2v) is 6.05. The molecule has 5 heteroatoms. The lowest BCUT2D eigenvalue weighted by molar-refractivity contribution is -0.118. The van der Waals surface area contributed by atoms with Crippen molar-refractivity contribution in [2.75, 3.05) is 11.5 Å². The fraction of sp³-hybridized carbons (Fsp3) is 0.188. The molecule has 2 aromatic carbocycles. The lowest BCUT2D eigenvalue weighted by Gasteiger charge is -2.09. The number of hydrogen-bond donors (Lipinski definition) is 2. The van der Waals surface area contributed by atoms with Gasteiger partial charge in [-0.2, -0.15) is 0 Å². The van der Waals surface area contributed by atoms with Gasteiger partial charge in [-0.25, -0.2) is 0 Å².